The summed E-state index contributed by atoms with van der Waals surface area (Å²) in [4.78, 5) is 0. The van der Waals surface area contributed by atoms with E-state index in [1.165, 1.54) is 5.56 Å². The normalized spacial score (nSPS) is 10.9. The highest BCUT2D eigenvalue weighted by Gasteiger charge is 2.11. The number of guanidine groups is 1. The van der Waals surface area contributed by atoms with Crippen LogP contribution in [0.25, 0.3) is 5.69 Å². The van der Waals surface area contributed by atoms with E-state index < -0.39 is 0 Å². The van der Waals surface area contributed by atoms with Crippen LogP contribution in [0, 0.1) is 6.92 Å². The number of rotatable bonds is 8. The summed E-state index contributed by atoms with van der Waals surface area (Å²) in [6.07, 6.45) is 4.23. The molecule has 1 aromatic carbocycles. The summed E-state index contributed by atoms with van der Waals surface area (Å²) in [5, 5.41) is 7.44. The second kappa shape index (κ2) is 8.76. The van der Waals surface area contributed by atoms with Crippen LogP contribution in [0.15, 0.2) is 46.6 Å². The lowest BCUT2D eigenvalue weighted by molar-refractivity contribution is 0.299. The van der Waals surface area contributed by atoms with Crippen molar-refractivity contribution in [3.8, 4) is 11.6 Å². The molecular formula is C18H25N5O. The van der Waals surface area contributed by atoms with Gasteiger partial charge in [0.25, 0.3) is 0 Å². The molecule has 2 rings (SSSR count). The Balaban J connectivity index is 2.22. The molecule has 1 heterocycles. The van der Waals surface area contributed by atoms with Crippen LogP contribution in [0.3, 0.4) is 0 Å². The number of nitrogens with two attached hydrogens (primary N) is 2. The van der Waals surface area contributed by atoms with Crippen LogP contribution in [-0.4, -0.2) is 23.3 Å². The molecule has 0 aliphatic rings. The number of ether oxygens (including phenoxy) is 1. The van der Waals surface area contributed by atoms with E-state index in [0.717, 1.165) is 36.5 Å². The maximum atomic E-state index is 5.89. The van der Waals surface area contributed by atoms with Crippen LogP contribution in [0.2, 0.25) is 0 Å². The highest BCUT2D eigenvalue weighted by Crippen LogP contribution is 2.25. The summed E-state index contributed by atoms with van der Waals surface area (Å²) in [5.41, 5.74) is 14.0. The van der Waals surface area contributed by atoms with E-state index in [1.807, 2.05) is 6.07 Å². The van der Waals surface area contributed by atoms with Crippen molar-refractivity contribution < 1.29 is 4.74 Å². The number of benzene rings is 1. The lowest BCUT2D eigenvalue weighted by Gasteiger charge is -2.14. The van der Waals surface area contributed by atoms with E-state index in [2.05, 4.69) is 58.9 Å². The first-order chi connectivity index (χ1) is 11.6. The van der Waals surface area contributed by atoms with Crippen LogP contribution in [0.5, 0.6) is 5.88 Å². The summed E-state index contributed by atoms with van der Waals surface area (Å²) in [6, 6.07) is 12.5. The van der Waals surface area contributed by atoms with Gasteiger partial charge in [-0.25, -0.2) is 0 Å². The van der Waals surface area contributed by atoms with Crippen molar-refractivity contribution in [3.63, 3.8) is 0 Å². The molecule has 128 valence electrons. The zero-order chi connectivity index (χ0) is 17.4. The van der Waals surface area contributed by atoms with Crippen LogP contribution >= 0.6 is 0 Å². The van der Waals surface area contributed by atoms with Gasteiger partial charge < -0.3 is 16.2 Å². The SMILES string of the molecule is CCCOc1ccc(CC/C=N/N=C(N)N)n1-c1cccc(C)c1. The Kier molecular flexibility index (Phi) is 6.42. The Morgan fingerprint density at radius 2 is 2.08 bits per heavy atom. The fourth-order valence-electron chi connectivity index (χ4n) is 2.41. The summed E-state index contributed by atoms with van der Waals surface area (Å²) < 4.78 is 8.04. The third kappa shape index (κ3) is 4.87. The molecule has 6 nitrogen and oxygen atoms in total. The van der Waals surface area contributed by atoms with Crippen LogP contribution in [0.4, 0.5) is 0 Å². The Morgan fingerprint density at radius 3 is 2.79 bits per heavy atom. The molecule has 0 amide bonds. The molecule has 24 heavy (non-hydrogen) atoms. The summed E-state index contributed by atoms with van der Waals surface area (Å²) in [6.45, 7) is 4.88. The molecule has 0 radical (unpaired) electrons. The second-order valence-electron chi connectivity index (χ2n) is 5.55. The third-order valence-electron chi connectivity index (χ3n) is 3.42. The van der Waals surface area contributed by atoms with Gasteiger partial charge in [0.15, 0.2) is 5.88 Å². The minimum atomic E-state index is -0.0374. The second-order valence-corrected chi connectivity index (χ2v) is 5.55. The Labute approximate surface area is 142 Å². The van der Waals surface area contributed by atoms with Crippen LogP contribution in [0.1, 0.15) is 31.0 Å². The minimum Gasteiger partial charge on any atom is -0.479 e. The quantitative estimate of drug-likeness (QED) is 0.444. The first-order valence-electron chi connectivity index (χ1n) is 8.12. The van der Waals surface area contributed by atoms with Gasteiger partial charge in [0.05, 0.1) is 6.61 Å². The van der Waals surface area contributed by atoms with Crippen LogP contribution < -0.4 is 16.2 Å². The van der Waals surface area contributed by atoms with E-state index in [9.17, 15) is 0 Å². The number of hydrogen-bond acceptors (Lipinski definition) is 3. The molecule has 0 saturated heterocycles. The molecular weight excluding hydrogens is 302 g/mol. The molecule has 0 aliphatic heterocycles. The molecule has 4 N–H and O–H groups in total. The van der Waals surface area contributed by atoms with Crippen LogP contribution in [-0.2, 0) is 6.42 Å². The van der Waals surface area contributed by atoms with Gasteiger partial charge in [0, 0.05) is 23.7 Å². The van der Waals surface area contributed by atoms with Crippen molar-refractivity contribution in [1.29, 1.82) is 0 Å². The maximum absolute atomic E-state index is 5.89. The zero-order valence-corrected chi connectivity index (χ0v) is 14.3. The van der Waals surface area contributed by atoms with Crippen molar-refractivity contribution in [2.24, 2.45) is 21.7 Å². The maximum Gasteiger partial charge on any atom is 0.211 e. The predicted molar refractivity (Wildman–Crippen MR) is 98.9 cm³/mol. The van der Waals surface area contributed by atoms with Gasteiger partial charge >= 0.3 is 0 Å². The molecule has 0 saturated carbocycles. The fraction of sp³-hybridized carbons (Fsp3) is 0.333. The van der Waals surface area contributed by atoms with Crippen molar-refractivity contribution in [3.05, 3.63) is 47.7 Å². The van der Waals surface area contributed by atoms with Gasteiger partial charge in [-0.15, -0.1) is 5.10 Å². The Morgan fingerprint density at radius 1 is 1.25 bits per heavy atom. The third-order valence-corrected chi connectivity index (χ3v) is 3.42. The molecule has 2 aromatic rings. The molecule has 0 spiro atoms. The number of aryl methyl sites for hydroxylation is 2. The molecule has 0 bridgehead atoms. The van der Waals surface area contributed by atoms with Crippen molar-refractivity contribution >= 4 is 12.2 Å². The lowest BCUT2D eigenvalue weighted by atomic mass is 10.2. The minimum absolute atomic E-state index is 0.0374. The Bertz CT molecular complexity index is 714. The Hall–Kier alpha value is -2.76. The molecule has 1 aromatic heterocycles. The van der Waals surface area contributed by atoms with E-state index in [4.69, 9.17) is 16.2 Å². The molecule has 0 unspecified atom stereocenters. The molecule has 0 fully saturated rings. The highest BCUT2D eigenvalue weighted by molar-refractivity contribution is 5.76. The van der Waals surface area contributed by atoms with Crippen molar-refractivity contribution in [1.82, 2.24) is 4.57 Å². The largest absolute Gasteiger partial charge is 0.479 e. The highest BCUT2D eigenvalue weighted by atomic mass is 16.5. The van der Waals surface area contributed by atoms with E-state index >= 15 is 0 Å². The average molecular weight is 327 g/mol. The first-order valence-corrected chi connectivity index (χ1v) is 8.12. The van der Waals surface area contributed by atoms with Crippen molar-refractivity contribution in [2.45, 2.75) is 33.1 Å². The molecule has 0 aliphatic carbocycles. The predicted octanol–water partition coefficient (Wildman–Crippen LogP) is 2.77. The monoisotopic (exact) mass is 327 g/mol. The topological polar surface area (TPSA) is 90.9 Å². The van der Waals surface area contributed by atoms with Gasteiger partial charge in [-0.1, -0.05) is 19.1 Å². The van der Waals surface area contributed by atoms with Gasteiger partial charge in [-0.3, -0.25) is 4.57 Å². The van der Waals surface area contributed by atoms with Gasteiger partial charge in [-0.05, 0) is 49.9 Å². The van der Waals surface area contributed by atoms with Crippen molar-refractivity contribution in [2.75, 3.05) is 6.61 Å². The fourth-order valence-corrected chi connectivity index (χ4v) is 2.41. The van der Waals surface area contributed by atoms with E-state index in [-0.39, 0.29) is 5.96 Å². The average Bonchev–Trinajstić information content (AvgIpc) is 2.95. The first kappa shape index (κ1) is 17.6. The summed E-state index contributed by atoms with van der Waals surface area (Å²) >= 11 is 0. The molecule has 6 heteroatoms. The van der Waals surface area contributed by atoms with Gasteiger partial charge in [0.1, 0.15) is 0 Å². The van der Waals surface area contributed by atoms with Gasteiger partial charge in [0.2, 0.25) is 5.96 Å². The number of aromatic nitrogens is 1. The lowest BCUT2D eigenvalue weighted by Crippen LogP contribution is -2.21. The summed E-state index contributed by atoms with van der Waals surface area (Å²) in [5.74, 6) is 0.822. The standard InChI is InChI=1S/C18H25N5O/c1-3-12-24-17-10-9-15(8-5-11-21-22-18(19)20)23(17)16-7-4-6-14(2)13-16/h4,6-7,9-11,13H,3,5,8,12H2,1-2H3,(H4,19,20,22)/b21-11+. The van der Waals surface area contributed by atoms with Gasteiger partial charge in [-0.2, -0.15) is 5.10 Å². The number of nitrogens with zero attached hydrogens (tertiary/aromatic N) is 3. The summed E-state index contributed by atoms with van der Waals surface area (Å²) in [7, 11) is 0. The molecule has 0 atom stereocenters. The van der Waals surface area contributed by atoms with E-state index in [1.54, 1.807) is 6.21 Å². The zero-order valence-electron chi connectivity index (χ0n) is 14.3. The smallest absolute Gasteiger partial charge is 0.211 e. The number of hydrogen-bond donors (Lipinski definition) is 2. The van der Waals surface area contributed by atoms with E-state index in [0.29, 0.717) is 6.61 Å².